The van der Waals surface area contributed by atoms with Crippen LogP contribution in [-0.2, 0) is 12.3 Å². The predicted octanol–water partition coefficient (Wildman–Crippen LogP) is 3.94. The fourth-order valence-electron chi connectivity index (χ4n) is 4.36. The van der Waals surface area contributed by atoms with Gasteiger partial charge in [0.2, 0.25) is 0 Å². The number of hydrogen-bond acceptors (Lipinski definition) is 5. The number of halogens is 1. The van der Waals surface area contributed by atoms with Gasteiger partial charge in [0.05, 0.1) is 18.2 Å². The molecule has 0 radical (unpaired) electrons. The van der Waals surface area contributed by atoms with Crippen molar-refractivity contribution in [2.45, 2.75) is 12.3 Å². The molecule has 2 heterocycles. The Morgan fingerprint density at radius 1 is 1.06 bits per heavy atom. The summed E-state index contributed by atoms with van der Waals surface area (Å²) in [6.07, 6.45) is 1.51. The Labute approximate surface area is 183 Å². The summed E-state index contributed by atoms with van der Waals surface area (Å²) in [7, 11) is 1.44. The van der Waals surface area contributed by atoms with E-state index in [-0.39, 0.29) is 34.7 Å². The topological polar surface area (TPSA) is 82.9 Å². The van der Waals surface area contributed by atoms with Gasteiger partial charge in [0.25, 0.3) is 5.91 Å². The Morgan fingerprint density at radius 2 is 1.78 bits per heavy atom. The van der Waals surface area contributed by atoms with E-state index in [1.165, 1.54) is 30.3 Å². The lowest BCUT2D eigenvalue weighted by Crippen LogP contribution is -2.44. The van der Waals surface area contributed by atoms with Gasteiger partial charge in [-0.1, -0.05) is 42.5 Å². The lowest BCUT2D eigenvalue weighted by atomic mass is 9.90. The zero-order valence-electron chi connectivity index (χ0n) is 17.1. The standard InChI is InChI=1S/C25H19FN2O4/c1-32-23-18-8-5-13-27-21(18)22(29)19-20(23)25(31,16-6-3-2-4-7-16)28(24(19)30)14-15-9-11-17(26)12-10-15/h2-13,29,31H,14H2,1H3. The smallest absolute Gasteiger partial charge is 0.261 e. The lowest BCUT2D eigenvalue weighted by Gasteiger charge is -2.35. The molecule has 0 fully saturated rings. The number of nitrogens with zero attached hydrogens (tertiary/aromatic N) is 2. The van der Waals surface area contributed by atoms with Gasteiger partial charge >= 0.3 is 0 Å². The van der Waals surface area contributed by atoms with E-state index >= 15 is 0 Å². The molecule has 160 valence electrons. The van der Waals surface area contributed by atoms with E-state index in [9.17, 15) is 19.4 Å². The minimum atomic E-state index is -1.94. The van der Waals surface area contributed by atoms with Crippen molar-refractivity contribution in [1.82, 2.24) is 9.88 Å². The fraction of sp³-hybridized carbons (Fsp3) is 0.120. The van der Waals surface area contributed by atoms with Crippen molar-refractivity contribution in [3.63, 3.8) is 0 Å². The van der Waals surface area contributed by atoms with Gasteiger partial charge in [-0.2, -0.15) is 0 Å². The van der Waals surface area contributed by atoms with Crippen LogP contribution < -0.4 is 4.74 Å². The Kier molecular flexibility index (Phi) is 4.56. The SMILES string of the molecule is COc1c2c(c(O)c3ncccc13)C(=O)N(Cc1ccc(F)cc1)C2(O)c1ccccc1. The number of carbonyl (C=O) groups is 1. The van der Waals surface area contributed by atoms with Crippen molar-refractivity contribution in [3.05, 3.63) is 101 Å². The maximum Gasteiger partial charge on any atom is 0.261 e. The van der Waals surface area contributed by atoms with Gasteiger partial charge in [-0.05, 0) is 29.8 Å². The highest BCUT2D eigenvalue weighted by Gasteiger charge is 2.54. The van der Waals surface area contributed by atoms with E-state index in [4.69, 9.17) is 4.74 Å². The largest absolute Gasteiger partial charge is 0.505 e. The van der Waals surface area contributed by atoms with Crippen LogP contribution in [0.3, 0.4) is 0 Å². The summed E-state index contributed by atoms with van der Waals surface area (Å²) in [5, 5.41) is 23.7. The first kappa shape index (κ1) is 20.0. The summed E-state index contributed by atoms with van der Waals surface area (Å²) in [6, 6.07) is 17.8. The summed E-state index contributed by atoms with van der Waals surface area (Å²) >= 11 is 0. The second-order valence-corrected chi connectivity index (χ2v) is 7.59. The second kappa shape index (κ2) is 7.32. The third-order valence-corrected chi connectivity index (χ3v) is 5.82. The molecule has 1 atom stereocenters. The van der Waals surface area contributed by atoms with Crippen molar-refractivity contribution in [2.75, 3.05) is 7.11 Å². The van der Waals surface area contributed by atoms with Crippen LogP contribution in [0.5, 0.6) is 11.5 Å². The Hall–Kier alpha value is -3.97. The number of carbonyl (C=O) groups excluding carboxylic acids is 1. The van der Waals surface area contributed by atoms with Crippen LogP contribution >= 0.6 is 0 Å². The minimum absolute atomic E-state index is 0.0223. The van der Waals surface area contributed by atoms with Gasteiger partial charge in [0.1, 0.15) is 17.1 Å². The Bertz CT molecular complexity index is 1340. The van der Waals surface area contributed by atoms with Gasteiger partial charge in [0, 0.05) is 23.7 Å². The quantitative estimate of drug-likeness (QED) is 0.513. The number of benzene rings is 3. The minimum Gasteiger partial charge on any atom is -0.505 e. The normalized spacial score (nSPS) is 17.6. The summed E-state index contributed by atoms with van der Waals surface area (Å²) < 4.78 is 19.1. The predicted molar refractivity (Wildman–Crippen MR) is 116 cm³/mol. The molecular weight excluding hydrogens is 411 g/mol. The van der Waals surface area contributed by atoms with Crippen LogP contribution in [0.4, 0.5) is 4.39 Å². The van der Waals surface area contributed by atoms with E-state index in [1.807, 2.05) is 0 Å². The molecule has 1 amide bonds. The van der Waals surface area contributed by atoms with Gasteiger partial charge in [-0.3, -0.25) is 14.7 Å². The van der Waals surface area contributed by atoms with Crippen LogP contribution in [-0.4, -0.2) is 33.1 Å². The van der Waals surface area contributed by atoms with Crippen LogP contribution in [0.1, 0.15) is 27.0 Å². The third-order valence-electron chi connectivity index (χ3n) is 5.82. The number of aromatic nitrogens is 1. The molecule has 32 heavy (non-hydrogen) atoms. The second-order valence-electron chi connectivity index (χ2n) is 7.59. The number of phenolic OH excluding ortho intramolecular Hbond substituents is 1. The zero-order chi connectivity index (χ0) is 22.5. The molecule has 0 saturated carbocycles. The number of pyridine rings is 1. The van der Waals surface area contributed by atoms with Crippen LogP contribution in [0, 0.1) is 5.82 Å². The maximum absolute atomic E-state index is 13.6. The van der Waals surface area contributed by atoms with Gasteiger partial charge in [-0.25, -0.2) is 4.39 Å². The lowest BCUT2D eigenvalue weighted by molar-refractivity contribution is -0.0552. The fourth-order valence-corrected chi connectivity index (χ4v) is 4.36. The van der Waals surface area contributed by atoms with Crippen molar-refractivity contribution >= 4 is 16.8 Å². The van der Waals surface area contributed by atoms with Gasteiger partial charge < -0.3 is 14.9 Å². The third kappa shape index (κ3) is 2.75. The van der Waals surface area contributed by atoms with Crippen molar-refractivity contribution in [3.8, 4) is 11.5 Å². The number of fused-ring (bicyclic) bond motifs is 2. The highest BCUT2D eigenvalue weighted by Crippen LogP contribution is 2.53. The van der Waals surface area contributed by atoms with Crippen LogP contribution in [0.2, 0.25) is 0 Å². The number of aliphatic hydroxyl groups is 1. The van der Waals surface area contributed by atoms with E-state index in [1.54, 1.807) is 54.6 Å². The van der Waals surface area contributed by atoms with Crippen molar-refractivity contribution < 1.29 is 24.1 Å². The average Bonchev–Trinajstić information content (AvgIpc) is 3.05. The molecule has 1 aliphatic heterocycles. The van der Waals surface area contributed by atoms with Crippen molar-refractivity contribution in [2.24, 2.45) is 0 Å². The monoisotopic (exact) mass is 430 g/mol. The number of hydrogen-bond donors (Lipinski definition) is 2. The molecule has 0 aliphatic carbocycles. The zero-order valence-corrected chi connectivity index (χ0v) is 17.1. The first-order valence-corrected chi connectivity index (χ1v) is 9.99. The molecule has 3 aromatic carbocycles. The molecule has 1 aromatic heterocycles. The number of phenols is 1. The highest BCUT2D eigenvalue weighted by atomic mass is 19.1. The first-order valence-electron chi connectivity index (χ1n) is 9.99. The summed E-state index contributed by atoms with van der Waals surface area (Å²) in [5.74, 6) is -1.06. The van der Waals surface area contributed by atoms with Crippen LogP contribution in [0.25, 0.3) is 10.9 Å². The van der Waals surface area contributed by atoms with E-state index in [0.717, 1.165) is 0 Å². The van der Waals surface area contributed by atoms with E-state index < -0.39 is 17.4 Å². The van der Waals surface area contributed by atoms with Crippen molar-refractivity contribution in [1.29, 1.82) is 0 Å². The highest BCUT2D eigenvalue weighted by molar-refractivity contribution is 6.10. The van der Waals surface area contributed by atoms with Gasteiger partial charge in [0.15, 0.2) is 11.5 Å². The first-order chi connectivity index (χ1) is 15.5. The number of methoxy groups -OCH3 is 1. The number of ether oxygens (including phenoxy) is 1. The summed E-state index contributed by atoms with van der Waals surface area (Å²) in [5.41, 5.74) is -0.610. The van der Waals surface area contributed by atoms with Crippen LogP contribution in [0.15, 0.2) is 72.9 Å². The molecule has 5 rings (SSSR count). The van der Waals surface area contributed by atoms with E-state index in [2.05, 4.69) is 4.98 Å². The molecule has 4 aromatic rings. The number of aromatic hydroxyl groups is 1. The Morgan fingerprint density at radius 3 is 2.47 bits per heavy atom. The Balaban J connectivity index is 1.82. The number of rotatable bonds is 4. The number of amides is 1. The average molecular weight is 430 g/mol. The molecule has 0 spiro atoms. The van der Waals surface area contributed by atoms with Gasteiger partial charge in [-0.15, -0.1) is 0 Å². The maximum atomic E-state index is 13.6. The molecule has 2 N–H and O–H groups in total. The molecule has 0 saturated heterocycles. The molecule has 1 unspecified atom stereocenters. The molecule has 1 aliphatic rings. The summed E-state index contributed by atoms with van der Waals surface area (Å²) in [4.78, 5) is 19.1. The molecular formula is C25H19FN2O4. The summed E-state index contributed by atoms with van der Waals surface area (Å²) in [6.45, 7) is -0.0223. The van der Waals surface area contributed by atoms with E-state index in [0.29, 0.717) is 16.5 Å². The molecule has 6 nitrogen and oxygen atoms in total. The molecule has 0 bridgehead atoms. The molecule has 7 heteroatoms.